The van der Waals surface area contributed by atoms with E-state index in [0.29, 0.717) is 6.61 Å². The van der Waals surface area contributed by atoms with E-state index in [1.54, 1.807) is 6.20 Å². The fourth-order valence-electron chi connectivity index (χ4n) is 2.27. The zero-order valence-corrected chi connectivity index (χ0v) is 13.0. The van der Waals surface area contributed by atoms with E-state index < -0.39 is 0 Å². The molecule has 1 aromatic heterocycles. The maximum atomic E-state index is 5.86. The van der Waals surface area contributed by atoms with Gasteiger partial charge in [0, 0.05) is 6.54 Å². The number of ether oxygens (including phenoxy) is 1. The third kappa shape index (κ3) is 4.90. The number of likely N-dealkylation sites (N-methyl/N-ethyl adjacent to an activating group) is 1. The molecule has 0 spiro atoms. The summed E-state index contributed by atoms with van der Waals surface area (Å²) in [5.74, 6) is 0.838. The normalized spacial score (nSPS) is 10.8. The van der Waals surface area contributed by atoms with Crippen LogP contribution in [0.3, 0.4) is 0 Å². The summed E-state index contributed by atoms with van der Waals surface area (Å²) in [5, 5.41) is 7.64. The minimum Gasteiger partial charge on any atom is -0.486 e. The Hall–Kier alpha value is -1.81. The minimum absolute atomic E-state index is 0.597. The van der Waals surface area contributed by atoms with E-state index in [1.165, 1.54) is 11.1 Å². The van der Waals surface area contributed by atoms with E-state index in [4.69, 9.17) is 4.74 Å². The molecule has 1 aromatic carbocycles. The molecule has 0 fully saturated rings. The summed E-state index contributed by atoms with van der Waals surface area (Å²) < 4.78 is 7.79. The van der Waals surface area contributed by atoms with E-state index in [0.717, 1.165) is 38.2 Å². The molecule has 0 saturated heterocycles. The Morgan fingerprint density at radius 3 is 2.76 bits per heavy atom. The summed E-state index contributed by atoms with van der Waals surface area (Å²) in [7, 11) is 0. The van der Waals surface area contributed by atoms with Crippen molar-refractivity contribution in [3.63, 3.8) is 0 Å². The van der Waals surface area contributed by atoms with Gasteiger partial charge in [-0.25, -0.2) is 0 Å². The lowest BCUT2D eigenvalue weighted by atomic mass is 10.1. The van der Waals surface area contributed by atoms with Crippen LogP contribution in [0.4, 0.5) is 0 Å². The molecular weight excluding hydrogens is 262 g/mol. The molecule has 114 valence electrons. The van der Waals surface area contributed by atoms with Crippen LogP contribution >= 0.6 is 0 Å². The van der Waals surface area contributed by atoms with E-state index in [-0.39, 0.29) is 0 Å². The molecule has 0 aliphatic carbocycles. The second-order valence-corrected chi connectivity index (χ2v) is 5.10. The first-order chi connectivity index (χ1) is 10.3. The first-order valence-corrected chi connectivity index (χ1v) is 7.76. The van der Waals surface area contributed by atoms with Gasteiger partial charge >= 0.3 is 0 Å². The Balaban J connectivity index is 1.92. The number of aromatic nitrogens is 2. The van der Waals surface area contributed by atoms with Gasteiger partial charge in [-0.2, -0.15) is 5.10 Å². The lowest BCUT2D eigenvalue weighted by Gasteiger charge is -2.10. The fraction of sp³-hybridized carbons (Fsp3) is 0.471. The molecule has 4 nitrogen and oxygen atoms in total. The highest BCUT2D eigenvalue weighted by Crippen LogP contribution is 2.15. The van der Waals surface area contributed by atoms with Crippen LogP contribution < -0.4 is 10.1 Å². The van der Waals surface area contributed by atoms with Gasteiger partial charge in [0.25, 0.3) is 0 Å². The summed E-state index contributed by atoms with van der Waals surface area (Å²) in [6.07, 6.45) is 5.86. The van der Waals surface area contributed by atoms with Crippen molar-refractivity contribution in [2.75, 3.05) is 13.1 Å². The molecule has 0 aliphatic heterocycles. The van der Waals surface area contributed by atoms with Gasteiger partial charge in [-0.1, -0.05) is 38.1 Å². The monoisotopic (exact) mass is 287 g/mol. The van der Waals surface area contributed by atoms with Crippen molar-refractivity contribution in [1.82, 2.24) is 15.1 Å². The molecule has 0 saturated carbocycles. The van der Waals surface area contributed by atoms with Crippen LogP contribution in [0.2, 0.25) is 0 Å². The van der Waals surface area contributed by atoms with Gasteiger partial charge in [0.2, 0.25) is 0 Å². The summed E-state index contributed by atoms with van der Waals surface area (Å²) in [5.41, 5.74) is 2.60. The predicted octanol–water partition coefficient (Wildman–Crippen LogP) is 3.02. The number of rotatable bonds is 9. The maximum absolute atomic E-state index is 5.86. The quantitative estimate of drug-likeness (QED) is 0.721. The molecule has 21 heavy (non-hydrogen) atoms. The number of aryl methyl sites for hydroxylation is 1. The molecular formula is C17H25N3O. The van der Waals surface area contributed by atoms with Crippen molar-refractivity contribution >= 4 is 0 Å². The predicted molar refractivity (Wildman–Crippen MR) is 85.5 cm³/mol. The number of benzene rings is 1. The van der Waals surface area contributed by atoms with E-state index in [1.807, 2.05) is 10.9 Å². The van der Waals surface area contributed by atoms with Crippen molar-refractivity contribution in [1.29, 1.82) is 0 Å². The Morgan fingerprint density at radius 1 is 1.19 bits per heavy atom. The summed E-state index contributed by atoms with van der Waals surface area (Å²) >= 11 is 0. The van der Waals surface area contributed by atoms with Crippen LogP contribution in [-0.4, -0.2) is 22.9 Å². The SMILES string of the molecule is CCCn1cc(OCc2ccccc2CCNCC)cn1. The third-order valence-corrected chi connectivity index (χ3v) is 3.40. The highest BCUT2D eigenvalue weighted by atomic mass is 16.5. The van der Waals surface area contributed by atoms with Gasteiger partial charge in [0.1, 0.15) is 6.61 Å². The molecule has 0 atom stereocenters. The first-order valence-electron chi connectivity index (χ1n) is 7.76. The smallest absolute Gasteiger partial charge is 0.157 e. The standard InChI is InChI=1S/C17H25N3O/c1-3-11-20-13-17(12-19-20)21-14-16-8-6-5-7-15(16)9-10-18-4-2/h5-8,12-13,18H,3-4,9-11,14H2,1-2H3. The molecule has 2 aromatic rings. The van der Waals surface area contributed by atoms with Crippen molar-refractivity contribution in [2.24, 2.45) is 0 Å². The Kier molecular flexibility index (Phi) is 6.28. The molecule has 1 N–H and O–H groups in total. The van der Waals surface area contributed by atoms with Crippen LogP contribution in [0.15, 0.2) is 36.7 Å². The average molecular weight is 287 g/mol. The van der Waals surface area contributed by atoms with Crippen molar-refractivity contribution < 1.29 is 4.74 Å². The minimum atomic E-state index is 0.597. The largest absolute Gasteiger partial charge is 0.486 e. The lowest BCUT2D eigenvalue weighted by Crippen LogP contribution is -2.17. The maximum Gasteiger partial charge on any atom is 0.157 e. The van der Waals surface area contributed by atoms with Gasteiger partial charge in [-0.15, -0.1) is 0 Å². The van der Waals surface area contributed by atoms with Crippen LogP contribution in [0.1, 0.15) is 31.4 Å². The number of hydrogen-bond donors (Lipinski definition) is 1. The Bertz CT molecular complexity index is 536. The number of nitrogens with zero attached hydrogens (tertiary/aromatic N) is 2. The van der Waals surface area contributed by atoms with E-state index >= 15 is 0 Å². The Morgan fingerprint density at radius 2 is 2.00 bits per heavy atom. The van der Waals surface area contributed by atoms with Gasteiger partial charge in [-0.05, 0) is 37.1 Å². The van der Waals surface area contributed by atoms with Gasteiger partial charge in [-0.3, -0.25) is 4.68 Å². The van der Waals surface area contributed by atoms with Crippen molar-refractivity contribution in [3.8, 4) is 5.75 Å². The van der Waals surface area contributed by atoms with E-state index in [9.17, 15) is 0 Å². The molecule has 0 aliphatic rings. The zero-order valence-electron chi connectivity index (χ0n) is 13.0. The molecule has 0 unspecified atom stereocenters. The Labute approximate surface area is 127 Å². The molecule has 0 bridgehead atoms. The lowest BCUT2D eigenvalue weighted by molar-refractivity contribution is 0.304. The summed E-state index contributed by atoms with van der Waals surface area (Å²) in [4.78, 5) is 0. The molecule has 1 heterocycles. The second kappa shape index (κ2) is 8.47. The fourth-order valence-corrected chi connectivity index (χ4v) is 2.27. The number of hydrogen-bond acceptors (Lipinski definition) is 3. The molecule has 2 rings (SSSR count). The van der Waals surface area contributed by atoms with E-state index in [2.05, 4.69) is 48.5 Å². The first kappa shape index (κ1) is 15.6. The van der Waals surface area contributed by atoms with Crippen molar-refractivity contribution in [3.05, 3.63) is 47.8 Å². The second-order valence-electron chi connectivity index (χ2n) is 5.10. The molecule has 0 radical (unpaired) electrons. The summed E-state index contributed by atoms with van der Waals surface area (Å²) in [6, 6.07) is 8.47. The van der Waals surface area contributed by atoms with Gasteiger partial charge < -0.3 is 10.1 Å². The third-order valence-electron chi connectivity index (χ3n) is 3.40. The topological polar surface area (TPSA) is 39.1 Å². The van der Waals surface area contributed by atoms with Gasteiger partial charge in [0.15, 0.2) is 5.75 Å². The van der Waals surface area contributed by atoms with Crippen molar-refractivity contribution in [2.45, 2.75) is 39.8 Å². The van der Waals surface area contributed by atoms with Crippen LogP contribution in [0.25, 0.3) is 0 Å². The highest BCUT2D eigenvalue weighted by Gasteiger charge is 2.04. The highest BCUT2D eigenvalue weighted by molar-refractivity contribution is 5.27. The number of nitrogens with one attached hydrogen (secondary N) is 1. The van der Waals surface area contributed by atoms with Gasteiger partial charge in [0.05, 0.1) is 12.4 Å². The molecule has 4 heteroatoms. The molecule has 0 amide bonds. The van der Waals surface area contributed by atoms with Crippen LogP contribution in [0, 0.1) is 0 Å². The van der Waals surface area contributed by atoms with Crippen LogP contribution in [0.5, 0.6) is 5.75 Å². The average Bonchev–Trinajstić information content (AvgIpc) is 2.95. The zero-order chi connectivity index (χ0) is 14.9. The van der Waals surface area contributed by atoms with Crippen LogP contribution in [-0.2, 0) is 19.6 Å². The summed E-state index contributed by atoms with van der Waals surface area (Å²) in [6.45, 7) is 7.81.